The van der Waals surface area contributed by atoms with Crippen LogP contribution < -0.4 is 10.9 Å². The van der Waals surface area contributed by atoms with Crippen molar-refractivity contribution in [1.82, 2.24) is 9.78 Å². The van der Waals surface area contributed by atoms with Gasteiger partial charge in [0.2, 0.25) is 0 Å². The molecule has 21 heavy (non-hydrogen) atoms. The van der Waals surface area contributed by atoms with E-state index in [-0.39, 0.29) is 12.1 Å². The number of rotatable bonds is 5. The maximum atomic E-state index is 12.1. The summed E-state index contributed by atoms with van der Waals surface area (Å²) in [6.45, 7) is 2.92. The molecule has 0 aliphatic heterocycles. The van der Waals surface area contributed by atoms with Crippen LogP contribution in [0.25, 0.3) is 0 Å². The van der Waals surface area contributed by atoms with Gasteiger partial charge in [0.1, 0.15) is 11.0 Å². The van der Waals surface area contributed by atoms with Gasteiger partial charge in [-0.25, -0.2) is 4.68 Å². The van der Waals surface area contributed by atoms with Gasteiger partial charge < -0.3 is 10.1 Å². The number of methoxy groups -OCH3 is 1. The third-order valence-corrected chi connectivity index (χ3v) is 4.64. The van der Waals surface area contributed by atoms with E-state index in [1.54, 1.807) is 6.20 Å². The Hall–Kier alpha value is -1.37. The number of nitrogens with one attached hydrogen (secondary N) is 1. The van der Waals surface area contributed by atoms with Gasteiger partial charge in [0, 0.05) is 6.54 Å². The summed E-state index contributed by atoms with van der Waals surface area (Å²) < 4.78 is 6.01. The Labute approximate surface area is 132 Å². The lowest BCUT2D eigenvalue weighted by atomic mass is 10.1. The molecular formula is C14H20BrN3O3. The van der Waals surface area contributed by atoms with E-state index in [0.29, 0.717) is 16.1 Å². The second-order valence-electron chi connectivity index (χ2n) is 5.58. The Kier molecular flexibility index (Phi) is 5.39. The maximum absolute atomic E-state index is 12.1. The highest BCUT2D eigenvalue weighted by Crippen LogP contribution is 2.30. The van der Waals surface area contributed by atoms with Gasteiger partial charge in [-0.05, 0) is 40.6 Å². The largest absolute Gasteiger partial charge is 0.468 e. The zero-order chi connectivity index (χ0) is 15.4. The molecule has 1 aliphatic rings. The Morgan fingerprint density at radius 1 is 1.57 bits per heavy atom. The molecule has 0 aromatic carbocycles. The number of anilines is 1. The summed E-state index contributed by atoms with van der Waals surface area (Å²) in [6.07, 6.45) is 5.27. The number of nitrogens with zero attached hydrogens (tertiary/aromatic N) is 2. The van der Waals surface area contributed by atoms with Crippen molar-refractivity contribution in [2.75, 3.05) is 19.0 Å². The molecule has 0 spiro atoms. The molecular weight excluding hydrogens is 338 g/mol. The molecule has 2 rings (SSSR count). The topological polar surface area (TPSA) is 73.2 Å². The first-order valence-corrected chi connectivity index (χ1v) is 7.87. The molecule has 1 fully saturated rings. The van der Waals surface area contributed by atoms with Crippen molar-refractivity contribution in [1.29, 1.82) is 0 Å². The van der Waals surface area contributed by atoms with E-state index in [0.717, 1.165) is 17.1 Å². The van der Waals surface area contributed by atoms with E-state index in [9.17, 15) is 9.59 Å². The fourth-order valence-corrected chi connectivity index (χ4v) is 3.10. The Morgan fingerprint density at radius 2 is 2.33 bits per heavy atom. The predicted octanol–water partition coefficient (Wildman–Crippen LogP) is 2.03. The summed E-state index contributed by atoms with van der Waals surface area (Å²) in [6, 6.07) is 0. The third-order valence-electron chi connectivity index (χ3n) is 3.88. The highest BCUT2D eigenvalue weighted by molar-refractivity contribution is 9.10. The summed E-state index contributed by atoms with van der Waals surface area (Å²) in [5.74, 6) is 0.924. The Morgan fingerprint density at radius 3 is 2.95 bits per heavy atom. The van der Waals surface area contributed by atoms with Crippen LogP contribution >= 0.6 is 15.9 Å². The molecule has 1 aliphatic carbocycles. The number of esters is 1. The molecule has 1 heterocycles. The smallest absolute Gasteiger partial charge is 0.327 e. The van der Waals surface area contributed by atoms with E-state index in [4.69, 9.17) is 0 Å². The standard InChI is InChI=1S/C14H20BrN3O3/c1-9-3-4-10(5-9)6-16-11-7-17-18(8-12(19)21-2)14(20)13(11)15/h7,9-10,16H,3-6,8H2,1-2H3. The van der Waals surface area contributed by atoms with Crippen LogP contribution in [0.3, 0.4) is 0 Å². The first-order chi connectivity index (χ1) is 10.0. The summed E-state index contributed by atoms with van der Waals surface area (Å²) in [4.78, 5) is 23.3. The van der Waals surface area contributed by atoms with Gasteiger partial charge >= 0.3 is 5.97 Å². The van der Waals surface area contributed by atoms with Crippen LogP contribution in [0.5, 0.6) is 0 Å². The van der Waals surface area contributed by atoms with Crippen molar-refractivity contribution in [2.24, 2.45) is 11.8 Å². The number of carbonyl (C=O) groups excluding carboxylic acids is 1. The van der Waals surface area contributed by atoms with Crippen molar-refractivity contribution in [2.45, 2.75) is 32.7 Å². The maximum Gasteiger partial charge on any atom is 0.327 e. The van der Waals surface area contributed by atoms with Gasteiger partial charge in [-0.2, -0.15) is 5.10 Å². The van der Waals surface area contributed by atoms with E-state index < -0.39 is 5.97 Å². The fourth-order valence-electron chi connectivity index (χ4n) is 2.65. The molecule has 1 saturated carbocycles. The highest BCUT2D eigenvalue weighted by atomic mass is 79.9. The Balaban J connectivity index is 2.03. The molecule has 7 heteroatoms. The molecule has 0 amide bonds. The average Bonchev–Trinajstić information content (AvgIpc) is 2.88. The van der Waals surface area contributed by atoms with Gasteiger partial charge in [-0.3, -0.25) is 9.59 Å². The Bertz CT molecular complexity index is 573. The summed E-state index contributed by atoms with van der Waals surface area (Å²) in [7, 11) is 1.28. The zero-order valence-corrected chi connectivity index (χ0v) is 13.9. The molecule has 0 radical (unpaired) electrons. The normalized spacial score (nSPS) is 21.3. The van der Waals surface area contributed by atoms with Gasteiger partial charge in [0.05, 0.1) is 19.0 Å². The molecule has 6 nitrogen and oxygen atoms in total. The molecule has 2 atom stereocenters. The van der Waals surface area contributed by atoms with Crippen LogP contribution in [-0.4, -0.2) is 29.4 Å². The highest BCUT2D eigenvalue weighted by Gasteiger charge is 2.21. The van der Waals surface area contributed by atoms with Crippen molar-refractivity contribution >= 4 is 27.6 Å². The first kappa shape index (κ1) is 16.0. The fraction of sp³-hybridized carbons (Fsp3) is 0.643. The van der Waals surface area contributed by atoms with E-state index in [1.807, 2.05) is 0 Å². The van der Waals surface area contributed by atoms with Crippen LogP contribution in [0.2, 0.25) is 0 Å². The summed E-state index contributed by atoms with van der Waals surface area (Å²) >= 11 is 3.28. The summed E-state index contributed by atoms with van der Waals surface area (Å²) in [5, 5.41) is 7.27. The molecule has 1 N–H and O–H groups in total. The molecule has 0 bridgehead atoms. The quantitative estimate of drug-likeness (QED) is 0.816. The second kappa shape index (κ2) is 7.06. The van der Waals surface area contributed by atoms with Crippen LogP contribution in [0.4, 0.5) is 5.69 Å². The van der Waals surface area contributed by atoms with Crippen molar-refractivity contribution < 1.29 is 9.53 Å². The number of halogens is 1. The number of aromatic nitrogens is 2. The number of carbonyl (C=O) groups is 1. The lowest BCUT2D eigenvalue weighted by Crippen LogP contribution is -2.28. The van der Waals surface area contributed by atoms with E-state index in [2.05, 4.69) is 38.0 Å². The first-order valence-electron chi connectivity index (χ1n) is 7.07. The molecule has 2 unspecified atom stereocenters. The monoisotopic (exact) mass is 357 g/mol. The average molecular weight is 358 g/mol. The van der Waals surface area contributed by atoms with Crippen LogP contribution in [0, 0.1) is 11.8 Å². The van der Waals surface area contributed by atoms with Crippen molar-refractivity contribution in [3.8, 4) is 0 Å². The zero-order valence-electron chi connectivity index (χ0n) is 12.3. The van der Waals surface area contributed by atoms with Gasteiger partial charge in [-0.1, -0.05) is 13.3 Å². The predicted molar refractivity (Wildman–Crippen MR) is 83.2 cm³/mol. The SMILES string of the molecule is COC(=O)Cn1ncc(NCC2CCC(C)C2)c(Br)c1=O. The lowest BCUT2D eigenvalue weighted by Gasteiger charge is -2.13. The molecule has 1 aromatic rings. The minimum absolute atomic E-state index is 0.186. The van der Waals surface area contributed by atoms with Crippen LogP contribution in [-0.2, 0) is 16.1 Å². The third kappa shape index (κ3) is 4.06. The van der Waals surface area contributed by atoms with Crippen LogP contribution in [0.1, 0.15) is 26.2 Å². The number of hydrogen-bond donors (Lipinski definition) is 1. The van der Waals surface area contributed by atoms with Gasteiger partial charge in [0.15, 0.2) is 0 Å². The lowest BCUT2D eigenvalue weighted by molar-refractivity contribution is -0.141. The minimum atomic E-state index is -0.503. The number of ether oxygens (including phenoxy) is 1. The second-order valence-corrected chi connectivity index (χ2v) is 6.37. The van der Waals surface area contributed by atoms with Crippen molar-refractivity contribution in [3.63, 3.8) is 0 Å². The van der Waals surface area contributed by atoms with Gasteiger partial charge in [0.25, 0.3) is 5.56 Å². The van der Waals surface area contributed by atoms with Crippen LogP contribution in [0.15, 0.2) is 15.5 Å². The minimum Gasteiger partial charge on any atom is -0.468 e. The van der Waals surface area contributed by atoms with Gasteiger partial charge in [-0.15, -0.1) is 0 Å². The van der Waals surface area contributed by atoms with E-state index >= 15 is 0 Å². The molecule has 0 saturated heterocycles. The molecule has 116 valence electrons. The van der Waals surface area contributed by atoms with E-state index in [1.165, 1.54) is 26.4 Å². The van der Waals surface area contributed by atoms with Crippen molar-refractivity contribution in [3.05, 3.63) is 21.0 Å². The number of hydrogen-bond acceptors (Lipinski definition) is 5. The summed E-state index contributed by atoms with van der Waals surface area (Å²) in [5.41, 5.74) is 0.325. The molecule has 1 aromatic heterocycles.